The van der Waals surface area contributed by atoms with E-state index in [-0.39, 0.29) is 13.2 Å². The first-order valence-electron chi connectivity index (χ1n) is 10.1. The number of ether oxygens (including phenoxy) is 6. The van der Waals surface area contributed by atoms with Gasteiger partial charge in [0, 0.05) is 0 Å². The Morgan fingerprint density at radius 2 is 1.07 bits per heavy atom. The molecule has 0 N–H and O–H groups in total. The van der Waals surface area contributed by atoms with Crippen molar-refractivity contribution < 1.29 is 38.0 Å². The van der Waals surface area contributed by atoms with E-state index in [0.29, 0.717) is 46.2 Å². The van der Waals surface area contributed by atoms with E-state index in [1.807, 2.05) is 0 Å². The SMILES string of the molecule is C=CCOCCOCCOCCOCCN(C(=O)OC(C)(C)C)C(=O)OC(C)(C)C. The van der Waals surface area contributed by atoms with Crippen molar-refractivity contribution in [1.82, 2.24) is 4.90 Å². The summed E-state index contributed by atoms with van der Waals surface area (Å²) in [6.07, 6.45) is 0.139. The maximum absolute atomic E-state index is 12.3. The van der Waals surface area contributed by atoms with Crippen molar-refractivity contribution in [3.05, 3.63) is 12.7 Å². The summed E-state index contributed by atoms with van der Waals surface area (Å²) in [5.41, 5.74) is -1.46. The van der Waals surface area contributed by atoms with Crippen LogP contribution in [0.15, 0.2) is 12.7 Å². The lowest BCUT2D eigenvalue weighted by Crippen LogP contribution is -2.45. The predicted octanol–water partition coefficient (Wildman–Crippen LogP) is 3.41. The van der Waals surface area contributed by atoms with Crippen molar-refractivity contribution >= 4 is 12.2 Å². The Morgan fingerprint density at radius 3 is 1.43 bits per heavy atom. The molecule has 0 aromatic carbocycles. The fourth-order valence-electron chi connectivity index (χ4n) is 1.87. The third-order valence-corrected chi connectivity index (χ3v) is 3.04. The normalized spacial score (nSPS) is 11.8. The van der Waals surface area contributed by atoms with Gasteiger partial charge in [0.05, 0.1) is 59.4 Å². The molecule has 0 spiro atoms. The average molecular weight is 434 g/mol. The van der Waals surface area contributed by atoms with Gasteiger partial charge in [-0.1, -0.05) is 6.08 Å². The van der Waals surface area contributed by atoms with Gasteiger partial charge in [-0.25, -0.2) is 14.5 Å². The monoisotopic (exact) mass is 433 g/mol. The van der Waals surface area contributed by atoms with Crippen LogP contribution in [0.3, 0.4) is 0 Å². The Kier molecular flexibility index (Phi) is 14.3. The molecular weight excluding hydrogens is 394 g/mol. The Bertz CT molecular complexity index is 468. The predicted molar refractivity (Wildman–Crippen MR) is 113 cm³/mol. The Hall–Kier alpha value is -1.68. The summed E-state index contributed by atoms with van der Waals surface area (Å²) in [7, 11) is 0. The van der Waals surface area contributed by atoms with Crippen molar-refractivity contribution in [1.29, 1.82) is 0 Å². The van der Waals surface area contributed by atoms with E-state index in [2.05, 4.69) is 6.58 Å². The summed E-state index contributed by atoms with van der Waals surface area (Å²) in [6.45, 7) is 17.2. The number of hydrogen-bond donors (Lipinski definition) is 0. The van der Waals surface area contributed by atoms with Crippen molar-refractivity contribution in [3.8, 4) is 0 Å². The molecule has 0 aromatic rings. The molecule has 0 unspecified atom stereocenters. The van der Waals surface area contributed by atoms with Gasteiger partial charge in [0.15, 0.2) is 0 Å². The molecule has 176 valence electrons. The summed E-state index contributed by atoms with van der Waals surface area (Å²) in [6, 6.07) is 0. The van der Waals surface area contributed by atoms with E-state index >= 15 is 0 Å². The topological polar surface area (TPSA) is 92.8 Å². The van der Waals surface area contributed by atoms with Gasteiger partial charge in [0.1, 0.15) is 11.2 Å². The van der Waals surface area contributed by atoms with Gasteiger partial charge in [-0.15, -0.1) is 6.58 Å². The highest BCUT2D eigenvalue weighted by molar-refractivity contribution is 5.88. The van der Waals surface area contributed by atoms with Gasteiger partial charge in [0.2, 0.25) is 0 Å². The third kappa shape index (κ3) is 17.2. The minimum absolute atomic E-state index is 0.0116. The molecule has 0 saturated heterocycles. The molecule has 0 heterocycles. The van der Waals surface area contributed by atoms with Crippen molar-refractivity contribution in [2.45, 2.75) is 52.7 Å². The highest BCUT2D eigenvalue weighted by atomic mass is 16.6. The zero-order valence-corrected chi connectivity index (χ0v) is 19.4. The first-order valence-corrected chi connectivity index (χ1v) is 10.1. The molecule has 9 nitrogen and oxygen atoms in total. The molecule has 9 heteroatoms. The second-order valence-electron chi connectivity index (χ2n) is 8.31. The van der Waals surface area contributed by atoms with Gasteiger partial charge < -0.3 is 28.4 Å². The molecule has 0 aliphatic heterocycles. The van der Waals surface area contributed by atoms with Crippen LogP contribution >= 0.6 is 0 Å². The lowest BCUT2D eigenvalue weighted by molar-refractivity contribution is -0.0135. The maximum atomic E-state index is 12.3. The molecule has 0 aliphatic rings. The van der Waals surface area contributed by atoms with Crippen LogP contribution in [0.1, 0.15) is 41.5 Å². The zero-order chi connectivity index (χ0) is 23.0. The van der Waals surface area contributed by atoms with Gasteiger partial charge >= 0.3 is 12.2 Å². The van der Waals surface area contributed by atoms with Crippen LogP contribution in [0.5, 0.6) is 0 Å². The van der Waals surface area contributed by atoms with E-state index in [4.69, 9.17) is 28.4 Å². The first kappa shape index (κ1) is 28.3. The van der Waals surface area contributed by atoms with Crippen LogP contribution in [-0.4, -0.2) is 87.7 Å². The van der Waals surface area contributed by atoms with E-state index in [9.17, 15) is 9.59 Å². The number of amides is 2. The highest BCUT2D eigenvalue weighted by Gasteiger charge is 2.30. The van der Waals surface area contributed by atoms with Crippen LogP contribution in [0.2, 0.25) is 0 Å². The molecule has 0 atom stereocenters. The summed E-state index contributed by atoms with van der Waals surface area (Å²) >= 11 is 0. The lowest BCUT2D eigenvalue weighted by Gasteiger charge is -2.28. The number of carbonyl (C=O) groups excluding carboxylic acids is 2. The molecule has 0 saturated carbocycles. The smallest absolute Gasteiger partial charge is 0.419 e. The van der Waals surface area contributed by atoms with Crippen molar-refractivity contribution in [3.63, 3.8) is 0 Å². The molecule has 0 aliphatic carbocycles. The Balaban J connectivity index is 4.09. The maximum Gasteiger partial charge on any atom is 0.419 e. The molecule has 0 aromatic heterocycles. The summed E-state index contributed by atoms with van der Waals surface area (Å²) in [5.74, 6) is 0. The molecule has 2 amide bonds. The minimum atomic E-state index is -0.772. The highest BCUT2D eigenvalue weighted by Crippen LogP contribution is 2.14. The van der Waals surface area contributed by atoms with Crippen LogP contribution in [-0.2, 0) is 28.4 Å². The Morgan fingerprint density at radius 1 is 0.700 bits per heavy atom. The fraction of sp³-hybridized carbons (Fsp3) is 0.810. The second-order valence-corrected chi connectivity index (χ2v) is 8.31. The van der Waals surface area contributed by atoms with Gasteiger partial charge in [-0.3, -0.25) is 0 Å². The molecular formula is C21H39NO8. The molecule has 0 radical (unpaired) electrons. The van der Waals surface area contributed by atoms with Crippen LogP contribution in [0, 0.1) is 0 Å². The largest absolute Gasteiger partial charge is 0.443 e. The van der Waals surface area contributed by atoms with Gasteiger partial charge in [-0.05, 0) is 41.5 Å². The van der Waals surface area contributed by atoms with Crippen LogP contribution < -0.4 is 0 Å². The van der Waals surface area contributed by atoms with Crippen molar-refractivity contribution in [2.75, 3.05) is 59.4 Å². The number of imide groups is 1. The quantitative estimate of drug-likeness (QED) is 0.304. The van der Waals surface area contributed by atoms with E-state index in [1.54, 1.807) is 47.6 Å². The Labute approximate surface area is 180 Å². The summed E-state index contributed by atoms with van der Waals surface area (Å²) in [5, 5.41) is 0. The number of nitrogens with zero attached hydrogens (tertiary/aromatic N) is 1. The molecule has 30 heavy (non-hydrogen) atoms. The summed E-state index contributed by atoms with van der Waals surface area (Å²) in [4.78, 5) is 25.6. The number of rotatable bonds is 14. The average Bonchev–Trinajstić information content (AvgIpc) is 2.58. The van der Waals surface area contributed by atoms with Crippen molar-refractivity contribution in [2.24, 2.45) is 0 Å². The van der Waals surface area contributed by atoms with Crippen LogP contribution in [0.4, 0.5) is 9.59 Å². The molecule has 0 bridgehead atoms. The number of carbonyl (C=O) groups is 2. The second kappa shape index (κ2) is 15.2. The fourth-order valence-corrected chi connectivity index (χ4v) is 1.87. The first-order chi connectivity index (χ1) is 14.0. The molecule has 0 fully saturated rings. The zero-order valence-electron chi connectivity index (χ0n) is 19.4. The van der Waals surface area contributed by atoms with Crippen LogP contribution in [0.25, 0.3) is 0 Å². The molecule has 0 rings (SSSR count). The van der Waals surface area contributed by atoms with Gasteiger partial charge in [0.25, 0.3) is 0 Å². The summed E-state index contributed by atoms with van der Waals surface area (Å²) < 4.78 is 31.9. The van der Waals surface area contributed by atoms with Gasteiger partial charge in [-0.2, -0.15) is 0 Å². The third-order valence-electron chi connectivity index (χ3n) is 3.04. The lowest BCUT2D eigenvalue weighted by atomic mass is 10.2. The van der Waals surface area contributed by atoms with E-state index in [0.717, 1.165) is 4.90 Å². The standard InChI is InChI=1S/C21H39NO8/c1-8-10-25-12-14-27-16-17-28-15-13-26-11-9-22(18(23)29-20(2,3)4)19(24)30-21(5,6)7/h8H,1,9-17H2,2-7H3. The van der Waals surface area contributed by atoms with E-state index in [1.165, 1.54) is 0 Å². The number of hydrogen-bond acceptors (Lipinski definition) is 8. The van der Waals surface area contributed by atoms with E-state index < -0.39 is 23.4 Å². The minimum Gasteiger partial charge on any atom is -0.443 e.